The SMILES string of the molecule is COc1ccc(/C=C/C(=O)N[C@H](C)C(=O)Nc2ccc(OCc3nccn3C)cc2)cc1. The van der Waals surface area contributed by atoms with Crippen LogP contribution in [0.5, 0.6) is 11.5 Å². The second-order valence-electron chi connectivity index (χ2n) is 7.09. The van der Waals surface area contributed by atoms with Crippen molar-refractivity contribution in [2.75, 3.05) is 12.4 Å². The monoisotopic (exact) mass is 434 g/mol. The van der Waals surface area contributed by atoms with Crippen LogP contribution in [0.1, 0.15) is 18.3 Å². The Hall–Kier alpha value is -4.07. The highest BCUT2D eigenvalue weighted by Crippen LogP contribution is 2.17. The summed E-state index contributed by atoms with van der Waals surface area (Å²) < 4.78 is 12.7. The van der Waals surface area contributed by atoms with E-state index in [0.29, 0.717) is 18.0 Å². The van der Waals surface area contributed by atoms with Gasteiger partial charge in [0.15, 0.2) is 0 Å². The molecule has 2 amide bonds. The Morgan fingerprint density at radius 2 is 1.78 bits per heavy atom. The molecule has 8 heteroatoms. The molecular formula is C24H26N4O4. The minimum Gasteiger partial charge on any atom is -0.497 e. The number of amides is 2. The lowest BCUT2D eigenvalue weighted by Gasteiger charge is -2.13. The van der Waals surface area contributed by atoms with Crippen molar-refractivity contribution < 1.29 is 19.1 Å². The summed E-state index contributed by atoms with van der Waals surface area (Å²) in [5, 5.41) is 5.42. The van der Waals surface area contributed by atoms with E-state index in [0.717, 1.165) is 17.1 Å². The van der Waals surface area contributed by atoms with Gasteiger partial charge in [0.25, 0.3) is 0 Å². The average molecular weight is 434 g/mol. The van der Waals surface area contributed by atoms with Gasteiger partial charge in [-0.2, -0.15) is 0 Å². The summed E-state index contributed by atoms with van der Waals surface area (Å²) in [6, 6.07) is 13.6. The minimum atomic E-state index is -0.706. The number of aromatic nitrogens is 2. The molecule has 0 saturated carbocycles. The zero-order valence-electron chi connectivity index (χ0n) is 18.2. The summed E-state index contributed by atoms with van der Waals surface area (Å²) in [4.78, 5) is 28.7. The predicted molar refractivity (Wildman–Crippen MR) is 122 cm³/mol. The van der Waals surface area contributed by atoms with Crippen molar-refractivity contribution in [3.63, 3.8) is 0 Å². The van der Waals surface area contributed by atoms with Crippen LogP contribution < -0.4 is 20.1 Å². The third kappa shape index (κ3) is 6.46. The van der Waals surface area contributed by atoms with Gasteiger partial charge < -0.3 is 24.7 Å². The maximum absolute atomic E-state index is 12.4. The van der Waals surface area contributed by atoms with E-state index in [1.54, 1.807) is 50.6 Å². The molecule has 3 rings (SSSR count). The van der Waals surface area contributed by atoms with Crippen molar-refractivity contribution in [1.29, 1.82) is 0 Å². The van der Waals surface area contributed by atoms with E-state index in [1.807, 2.05) is 42.1 Å². The van der Waals surface area contributed by atoms with Gasteiger partial charge in [-0.3, -0.25) is 9.59 Å². The molecule has 1 aromatic heterocycles. The average Bonchev–Trinajstić information content (AvgIpc) is 3.22. The van der Waals surface area contributed by atoms with Gasteiger partial charge in [0.1, 0.15) is 30.0 Å². The van der Waals surface area contributed by atoms with Crippen LogP contribution in [0.25, 0.3) is 6.08 Å². The lowest BCUT2D eigenvalue weighted by molar-refractivity contribution is -0.123. The first-order valence-electron chi connectivity index (χ1n) is 10.1. The standard InChI is InChI=1S/C24H26N4O4/c1-17(26-23(29)13-6-18-4-9-20(31-3)10-5-18)24(30)27-19-7-11-21(12-8-19)32-16-22-25-14-15-28(22)2/h4-15,17H,16H2,1-3H3,(H,26,29)(H,27,30)/b13-6+/t17-/m1/s1. The third-order valence-corrected chi connectivity index (χ3v) is 4.71. The Labute approximate surface area is 186 Å². The fraction of sp³-hybridized carbons (Fsp3) is 0.208. The summed E-state index contributed by atoms with van der Waals surface area (Å²) in [7, 11) is 3.50. The van der Waals surface area contributed by atoms with E-state index >= 15 is 0 Å². The van der Waals surface area contributed by atoms with E-state index < -0.39 is 6.04 Å². The highest BCUT2D eigenvalue weighted by atomic mass is 16.5. The van der Waals surface area contributed by atoms with E-state index in [1.165, 1.54) is 6.08 Å². The molecule has 1 heterocycles. The van der Waals surface area contributed by atoms with Gasteiger partial charge >= 0.3 is 0 Å². The molecule has 0 saturated heterocycles. The zero-order chi connectivity index (χ0) is 22.9. The summed E-state index contributed by atoms with van der Waals surface area (Å²) in [5.74, 6) is 1.54. The number of hydrogen-bond donors (Lipinski definition) is 2. The van der Waals surface area contributed by atoms with Crippen molar-refractivity contribution in [2.45, 2.75) is 19.6 Å². The molecule has 2 N–H and O–H groups in total. The first-order chi connectivity index (χ1) is 15.4. The van der Waals surface area contributed by atoms with E-state index in [2.05, 4.69) is 15.6 Å². The van der Waals surface area contributed by atoms with Crippen LogP contribution in [-0.2, 0) is 23.2 Å². The molecule has 3 aromatic rings. The Balaban J connectivity index is 1.46. The van der Waals surface area contributed by atoms with Gasteiger partial charge in [-0.15, -0.1) is 0 Å². The van der Waals surface area contributed by atoms with Gasteiger partial charge in [-0.1, -0.05) is 12.1 Å². The molecule has 0 spiro atoms. The fourth-order valence-corrected chi connectivity index (χ4v) is 2.78. The quantitative estimate of drug-likeness (QED) is 0.505. The molecule has 166 valence electrons. The molecule has 32 heavy (non-hydrogen) atoms. The van der Waals surface area contributed by atoms with Crippen LogP contribution in [0.4, 0.5) is 5.69 Å². The van der Waals surface area contributed by atoms with E-state index in [4.69, 9.17) is 9.47 Å². The number of rotatable bonds is 9. The molecule has 0 unspecified atom stereocenters. The zero-order valence-corrected chi connectivity index (χ0v) is 18.2. The summed E-state index contributed by atoms with van der Waals surface area (Å²) >= 11 is 0. The molecule has 1 atom stereocenters. The molecule has 2 aromatic carbocycles. The molecule has 8 nitrogen and oxygen atoms in total. The number of nitrogens with zero attached hydrogens (tertiary/aromatic N) is 2. The van der Waals surface area contributed by atoms with Gasteiger partial charge in [0.2, 0.25) is 11.8 Å². The molecule has 0 bridgehead atoms. The van der Waals surface area contributed by atoms with Gasteiger partial charge in [-0.05, 0) is 55.0 Å². The van der Waals surface area contributed by atoms with Crippen molar-refractivity contribution in [3.8, 4) is 11.5 Å². The highest BCUT2D eigenvalue weighted by Gasteiger charge is 2.14. The smallest absolute Gasteiger partial charge is 0.246 e. The number of carbonyl (C=O) groups is 2. The van der Waals surface area contributed by atoms with Crippen LogP contribution in [0.3, 0.4) is 0 Å². The van der Waals surface area contributed by atoms with Crippen LogP contribution >= 0.6 is 0 Å². The fourth-order valence-electron chi connectivity index (χ4n) is 2.78. The van der Waals surface area contributed by atoms with Crippen molar-refractivity contribution in [2.24, 2.45) is 7.05 Å². The summed E-state index contributed by atoms with van der Waals surface area (Å²) in [6.07, 6.45) is 6.63. The molecular weight excluding hydrogens is 408 g/mol. The molecule has 0 aliphatic carbocycles. The second kappa shape index (κ2) is 10.8. The van der Waals surface area contributed by atoms with Gasteiger partial charge in [0, 0.05) is 31.2 Å². The number of hydrogen-bond acceptors (Lipinski definition) is 5. The second-order valence-corrected chi connectivity index (χ2v) is 7.09. The number of benzene rings is 2. The number of ether oxygens (including phenoxy) is 2. The van der Waals surface area contributed by atoms with E-state index in [-0.39, 0.29) is 11.8 Å². The minimum absolute atomic E-state index is 0.321. The maximum Gasteiger partial charge on any atom is 0.246 e. The van der Waals surface area contributed by atoms with Crippen LogP contribution in [0.2, 0.25) is 0 Å². The molecule has 0 radical (unpaired) electrons. The largest absolute Gasteiger partial charge is 0.497 e. The number of carbonyl (C=O) groups excluding carboxylic acids is 2. The lowest BCUT2D eigenvalue weighted by Crippen LogP contribution is -2.40. The van der Waals surface area contributed by atoms with Gasteiger partial charge in [0.05, 0.1) is 7.11 Å². The van der Waals surface area contributed by atoms with Crippen LogP contribution in [-0.4, -0.2) is 34.5 Å². The van der Waals surface area contributed by atoms with Crippen molar-refractivity contribution in [1.82, 2.24) is 14.9 Å². The van der Waals surface area contributed by atoms with E-state index in [9.17, 15) is 9.59 Å². The van der Waals surface area contributed by atoms with Crippen LogP contribution in [0, 0.1) is 0 Å². The molecule has 0 aliphatic rings. The molecule has 0 fully saturated rings. The maximum atomic E-state index is 12.4. The lowest BCUT2D eigenvalue weighted by atomic mass is 10.2. The Bertz CT molecular complexity index is 1070. The Kier molecular flexibility index (Phi) is 7.64. The first kappa shape index (κ1) is 22.6. The predicted octanol–water partition coefficient (Wildman–Crippen LogP) is 3.16. The summed E-state index contributed by atoms with van der Waals surface area (Å²) in [5.41, 5.74) is 1.46. The molecule has 0 aliphatic heterocycles. The Morgan fingerprint density at radius 1 is 1.09 bits per heavy atom. The third-order valence-electron chi connectivity index (χ3n) is 4.71. The normalized spacial score (nSPS) is 11.7. The summed E-state index contributed by atoms with van der Waals surface area (Å²) in [6.45, 7) is 1.97. The van der Waals surface area contributed by atoms with Crippen molar-refractivity contribution >= 4 is 23.6 Å². The first-order valence-corrected chi connectivity index (χ1v) is 10.1. The number of nitrogens with one attached hydrogen (secondary N) is 2. The Morgan fingerprint density at radius 3 is 2.41 bits per heavy atom. The highest BCUT2D eigenvalue weighted by molar-refractivity contribution is 5.99. The van der Waals surface area contributed by atoms with Gasteiger partial charge in [-0.25, -0.2) is 4.98 Å². The number of imidazole rings is 1. The number of aryl methyl sites for hydroxylation is 1. The number of methoxy groups -OCH3 is 1. The van der Waals surface area contributed by atoms with Crippen LogP contribution in [0.15, 0.2) is 67.0 Å². The topological polar surface area (TPSA) is 94.5 Å². The number of anilines is 1. The van der Waals surface area contributed by atoms with Crippen molar-refractivity contribution in [3.05, 3.63) is 78.4 Å².